The van der Waals surface area contributed by atoms with Crippen molar-refractivity contribution in [2.24, 2.45) is 0 Å². The van der Waals surface area contributed by atoms with Crippen LogP contribution < -0.4 is 0 Å². The molecule has 0 saturated heterocycles. The molecule has 132 valence electrons. The molecule has 0 aromatic rings. The van der Waals surface area contributed by atoms with Gasteiger partial charge in [-0.05, 0) is 12.8 Å². The van der Waals surface area contributed by atoms with Crippen LogP contribution in [0.25, 0.3) is 0 Å². The Morgan fingerprint density at radius 3 is 1.77 bits per heavy atom. The van der Waals surface area contributed by atoms with Crippen LogP contribution in [-0.2, 0) is 4.65 Å². The van der Waals surface area contributed by atoms with E-state index in [-0.39, 0.29) is 13.0 Å². The van der Waals surface area contributed by atoms with Crippen molar-refractivity contribution in [1.82, 2.24) is 0 Å². The SMILES string of the molecule is OCCCCCCCCC(O)C(O)C(O)C(O)COB(O)O. The lowest BCUT2D eigenvalue weighted by Gasteiger charge is -2.26. The van der Waals surface area contributed by atoms with Crippen LogP contribution >= 0.6 is 0 Å². The van der Waals surface area contributed by atoms with Gasteiger partial charge in [-0.25, -0.2) is 0 Å². The van der Waals surface area contributed by atoms with Gasteiger partial charge in [0, 0.05) is 6.61 Å². The average Bonchev–Trinajstić information content (AvgIpc) is 2.49. The smallest absolute Gasteiger partial charge is 0.402 e. The Morgan fingerprint density at radius 2 is 1.23 bits per heavy atom. The fourth-order valence-electron chi connectivity index (χ4n) is 2.08. The molecule has 0 rings (SSSR count). The zero-order chi connectivity index (χ0) is 17.0. The van der Waals surface area contributed by atoms with E-state index in [4.69, 9.17) is 15.2 Å². The molecule has 0 aliphatic heterocycles. The van der Waals surface area contributed by atoms with Crippen LogP contribution in [0.4, 0.5) is 0 Å². The first-order chi connectivity index (χ1) is 10.4. The highest BCUT2D eigenvalue weighted by Crippen LogP contribution is 2.13. The summed E-state index contributed by atoms with van der Waals surface area (Å²) in [5, 5.41) is 64.2. The van der Waals surface area contributed by atoms with E-state index in [0.29, 0.717) is 6.42 Å². The molecule has 0 aliphatic rings. The molecule has 0 fully saturated rings. The van der Waals surface area contributed by atoms with Crippen molar-refractivity contribution in [3.63, 3.8) is 0 Å². The van der Waals surface area contributed by atoms with Gasteiger partial charge >= 0.3 is 7.32 Å². The Bertz CT molecular complexity index is 256. The Balaban J connectivity index is 3.82. The van der Waals surface area contributed by atoms with Crippen LogP contribution in [0, 0.1) is 0 Å². The van der Waals surface area contributed by atoms with Crippen molar-refractivity contribution >= 4 is 7.32 Å². The predicted octanol–water partition coefficient (Wildman–Crippen LogP) is -1.86. The van der Waals surface area contributed by atoms with Crippen molar-refractivity contribution < 1.29 is 40.2 Å². The van der Waals surface area contributed by atoms with Gasteiger partial charge < -0.3 is 40.2 Å². The molecule has 7 N–H and O–H groups in total. The topological polar surface area (TPSA) is 151 Å². The second-order valence-corrected chi connectivity index (χ2v) is 5.41. The number of hydrogen-bond acceptors (Lipinski definition) is 8. The number of hydrogen-bond donors (Lipinski definition) is 7. The summed E-state index contributed by atoms with van der Waals surface area (Å²) < 4.78 is 4.29. The van der Waals surface area contributed by atoms with E-state index in [2.05, 4.69) is 4.65 Å². The van der Waals surface area contributed by atoms with E-state index >= 15 is 0 Å². The summed E-state index contributed by atoms with van der Waals surface area (Å²) in [6.07, 6.45) is -0.349. The molecule has 0 spiro atoms. The van der Waals surface area contributed by atoms with Crippen molar-refractivity contribution in [2.75, 3.05) is 13.2 Å². The summed E-state index contributed by atoms with van der Waals surface area (Å²) in [6.45, 7) is -0.379. The minimum atomic E-state index is -2.07. The van der Waals surface area contributed by atoms with Crippen molar-refractivity contribution in [3.05, 3.63) is 0 Å². The summed E-state index contributed by atoms with van der Waals surface area (Å²) >= 11 is 0. The lowest BCUT2D eigenvalue weighted by Crippen LogP contribution is -2.46. The number of aliphatic hydroxyl groups is 5. The van der Waals surface area contributed by atoms with Crippen LogP contribution in [-0.4, -0.2) is 80.5 Å². The Labute approximate surface area is 131 Å². The maximum Gasteiger partial charge on any atom is 0.633 e. The van der Waals surface area contributed by atoms with Gasteiger partial charge in [0.25, 0.3) is 0 Å². The lowest BCUT2D eigenvalue weighted by molar-refractivity contribution is -0.116. The van der Waals surface area contributed by atoms with E-state index < -0.39 is 38.3 Å². The largest absolute Gasteiger partial charge is 0.633 e. The quantitative estimate of drug-likeness (QED) is 0.145. The number of aliphatic hydroxyl groups excluding tert-OH is 5. The molecule has 0 aromatic carbocycles. The molecular weight excluding hydrogens is 295 g/mol. The zero-order valence-corrected chi connectivity index (χ0v) is 12.8. The van der Waals surface area contributed by atoms with Gasteiger partial charge in [-0.15, -0.1) is 0 Å². The Kier molecular flexibility index (Phi) is 13.1. The van der Waals surface area contributed by atoms with Crippen molar-refractivity contribution in [3.8, 4) is 0 Å². The van der Waals surface area contributed by atoms with E-state index in [0.717, 1.165) is 32.1 Å². The van der Waals surface area contributed by atoms with E-state index in [1.165, 1.54) is 0 Å². The number of unbranched alkanes of at least 4 members (excludes halogenated alkanes) is 5. The molecule has 4 unspecified atom stereocenters. The molecule has 0 saturated carbocycles. The summed E-state index contributed by atoms with van der Waals surface area (Å²) in [5.41, 5.74) is 0. The first-order valence-corrected chi connectivity index (χ1v) is 7.71. The molecule has 0 amide bonds. The first-order valence-electron chi connectivity index (χ1n) is 7.71. The third-order valence-corrected chi connectivity index (χ3v) is 3.46. The minimum absolute atomic E-state index is 0.197. The molecule has 8 nitrogen and oxygen atoms in total. The number of rotatable bonds is 14. The maximum absolute atomic E-state index is 9.76. The van der Waals surface area contributed by atoms with Gasteiger partial charge in [0.15, 0.2) is 0 Å². The summed E-state index contributed by atoms with van der Waals surface area (Å²) in [7, 11) is -2.07. The van der Waals surface area contributed by atoms with Gasteiger partial charge in [0.2, 0.25) is 0 Å². The summed E-state index contributed by atoms with van der Waals surface area (Å²) in [4.78, 5) is 0. The molecule has 9 heteroatoms. The molecular formula is C13H29BO8. The van der Waals surface area contributed by atoms with Crippen LogP contribution in [0.2, 0.25) is 0 Å². The molecule has 0 bridgehead atoms. The zero-order valence-electron chi connectivity index (χ0n) is 12.8. The Hall–Kier alpha value is -0.255. The highest BCUT2D eigenvalue weighted by Gasteiger charge is 2.30. The van der Waals surface area contributed by atoms with E-state index in [9.17, 15) is 20.4 Å². The highest BCUT2D eigenvalue weighted by molar-refractivity contribution is 6.32. The van der Waals surface area contributed by atoms with E-state index in [1.54, 1.807) is 0 Å². The normalized spacial score (nSPS) is 17.0. The van der Waals surface area contributed by atoms with Crippen LogP contribution in [0.3, 0.4) is 0 Å². The monoisotopic (exact) mass is 324 g/mol. The van der Waals surface area contributed by atoms with Crippen LogP contribution in [0.15, 0.2) is 0 Å². The van der Waals surface area contributed by atoms with Crippen LogP contribution in [0.1, 0.15) is 44.9 Å². The molecule has 0 radical (unpaired) electrons. The second kappa shape index (κ2) is 13.2. The van der Waals surface area contributed by atoms with Gasteiger partial charge in [0.05, 0.1) is 12.7 Å². The second-order valence-electron chi connectivity index (χ2n) is 5.41. The summed E-state index contributed by atoms with van der Waals surface area (Å²) in [6, 6.07) is 0. The first kappa shape index (κ1) is 21.7. The van der Waals surface area contributed by atoms with Gasteiger partial charge in [-0.2, -0.15) is 0 Å². The van der Waals surface area contributed by atoms with Gasteiger partial charge in [-0.3, -0.25) is 0 Å². The summed E-state index contributed by atoms with van der Waals surface area (Å²) in [5.74, 6) is 0. The van der Waals surface area contributed by atoms with Gasteiger partial charge in [0.1, 0.15) is 18.3 Å². The molecule has 0 aliphatic carbocycles. The highest BCUT2D eigenvalue weighted by atomic mass is 16.6. The predicted molar refractivity (Wildman–Crippen MR) is 79.6 cm³/mol. The minimum Gasteiger partial charge on any atom is -0.402 e. The standard InChI is InChI=1S/C13H29BO8/c15-8-6-4-2-1-3-5-7-10(16)12(18)13(19)11(17)9-22-14(20)21/h10-13,15-21H,1-9H2. The molecule has 0 heterocycles. The third-order valence-electron chi connectivity index (χ3n) is 3.46. The third kappa shape index (κ3) is 10.5. The fraction of sp³-hybridized carbons (Fsp3) is 1.00. The van der Waals surface area contributed by atoms with Crippen molar-refractivity contribution in [2.45, 2.75) is 69.4 Å². The van der Waals surface area contributed by atoms with Crippen molar-refractivity contribution in [1.29, 1.82) is 0 Å². The lowest BCUT2D eigenvalue weighted by atomic mass is 9.98. The maximum atomic E-state index is 9.76. The molecule has 22 heavy (non-hydrogen) atoms. The van der Waals surface area contributed by atoms with Gasteiger partial charge in [-0.1, -0.05) is 32.1 Å². The fourth-order valence-corrected chi connectivity index (χ4v) is 2.08. The molecule has 0 aromatic heterocycles. The Morgan fingerprint density at radius 1 is 0.727 bits per heavy atom. The molecule has 4 atom stereocenters. The van der Waals surface area contributed by atoms with E-state index in [1.807, 2.05) is 0 Å². The average molecular weight is 324 g/mol. The van der Waals surface area contributed by atoms with Crippen LogP contribution in [0.5, 0.6) is 0 Å².